The smallest absolute Gasteiger partial charge is 0.0391 e. The maximum absolute atomic E-state index is 2.41. The highest BCUT2D eigenvalue weighted by Crippen LogP contribution is 2.38. The van der Waals surface area contributed by atoms with Gasteiger partial charge in [-0.05, 0) is 42.9 Å². The molecule has 0 heteroatoms. The van der Waals surface area contributed by atoms with Crippen LogP contribution in [0.15, 0.2) is 0 Å². The SMILES string of the molecule is CC(C)C1CCC(CC2CCCCC2)CC1. The zero-order valence-corrected chi connectivity index (χ0v) is 11.4. The molecule has 0 atom stereocenters. The van der Waals surface area contributed by atoms with E-state index in [1.807, 2.05) is 0 Å². The molecule has 0 amide bonds. The van der Waals surface area contributed by atoms with E-state index in [4.69, 9.17) is 0 Å². The number of rotatable bonds is 3. The lowest BCUT2D eigenvalue weighted by Crippen LogP contribution is -2.21. The van der Waals surface area contributed by atoms with Gasteiger partial charge in [-0.1, -0.05) is 58.8 Å². The van der Waals surface area contributed by atoms with E-state index in [1.54, 1.807) is 32.1 Å². The van der Waals surface area contributed by atoms with Crippen molar-refractivity contribution in [3.05, 3.63) is 0 Å². The molecular formula is C16H30. The predicted molar refractivity (Wildman–Crippen MR) is 71.5 cm³/mol. The first kappa shape index (κ1) is 12.5. The van der Waals surface area contributed by atoms with Crippen LogP contribution in [-0.2, 0) is 0 Å². The second-order valence-electron chi connectivity index (χ2n) is 6.76. The summed E-state index contributed by atoms with van der Waals surface area (Å²) in [6.07, 6.45) is 15.3. The Morgan fingerprint density at radius 3 is 1.88 bits per heavy atom. The van der Waals surface area contributed by atoms with Crippen molar-refractivity contribution >= 4 is 0 Å². The molecule has 2 rings (SSSR count). The van der Waals surface area contributed by atoms with Gasteiger partial charge in [-0.25, -0.2) is 0 Å². The van der Waals surface area contributed by atoms with Gasteiger partial charge in [-0.15, -0.1) is 0 Å². The van der Waals surface area contributed by atoms with Crippen molar-refractivity contribution in [2.24, 2.45) is 23.7 Å². The fourth-order valence-corrected chi connectivity index (χ4v) is 3.98. The Hall–Kier alpha value is 0. The van der Waals surface area contributed by atoms with E-state index in [0.29, 0.717) is 0 Å². The van der Waals surface area contributed by atoms with Crippen molar-refractivity contribution in [2.45, 2.75) is 78.1 Å². The highest BCUT2D eigenvalue weighted by Gasteiger charge is 2.25. The van der Waals surface area contributed by atoms with E-state index >= 15 is 0 Å². The first-order valence-corrected chi connectivity index (χ1v) is 7.75. The second kappa shape index (κ2) is 6.07. The molecule has 0 nitrogen and oxygen atoms in total. The summed E-state index contributed by atoms with van der Waals surface area (Å²) < 4.78 is 0. The molecule has 16 heavy (non-hydrogen) atoms. The molecule has 0 N–H and O–H groups in total. The van der Waals surface area contributed by atoms with Gasteiger partial charge >= 0.3 is 0 Å². The number of hydrogen-bond acceptors (Lipinski definition) is 0. The van der Waals surface area contributed by atoms with Gasteiger partial charge in [0.2, 0.25) is 0 Å². The second-order valence-corrected chi connectivity index (χ2v) is 6.76. The Labute approximate surface area is 102 Å². The van der Waals surface area contributed by atoms with E-state index in [1.165, 1.54) is 32.1 Å². The average molecular weight is 222 g/mol. The Morgan fingerprint density at radius 1 is 0.750 bits per heavy atom. The van der Waals surface area contributed by atoms with Crippen LogP contribution >= 0.6 is 0 Å². The Kier molecular flexibility index (Phi) is 4.73. The van der Waals surface area contributed by atoms with Crippen LogP contribution in [0, 0.1) is 23.7 Å². The lowest BCUT2D eigenvalue weighted by molar-refractivity contribution is 0.185. The normalized spacial score (nSPS) is 33.2. The van der Waals surface area contributed by atoms with Crippen LogP contribution in [0.1, 0.15) is 78.1 Å². The van der Waals surface area contributed by atoms with Crippen molar-refractivity contribution in [1.82, 2.24) is 0 Å². The predicted octanol–water partition coefficient (Wildman–Crippen LogP) is 5.42. The zero-order valence-electron chi connectivity index (χ0n) is 11.4. The molecule has 2 saturated carbocycles. The first-order chi connectivity index (χ1) is 7.75. The fraction of sp³-hybridized carbons (Fsp3) is 1.00. The molecule has 0 aromatic carbocycles. The van der Waals surface area contributed by atoms with E-state index in [0.717, 1.165) is 23.7 Å². The van der Waals surface area contributed by atoms with Crippen LogP contribution in [0.3, 0.4) is 0 Å². The third kappa shape index (κ3) is 3.50. The van der Waals surface area contributed by atoms with Gasteiger partial charge in [0.05, 0.1) is 0 Å². The summed E-state index contributed by atoms with van der Waals surface area (Å²) in [5.41, 5.74) is 0. The molecule has 2 aliphatic rings. The largest absolute Gasteiger partial charge is 0.0625 e. The Balaban J connectivity index is 1.68. The molecule has 0 bridgehead atoms. The minimum atomic E-state index is 0.927. The molecule has 0 aromatic rings. The third-order valence-electron chi connectivity index (χ3n) is 5.23. The Morgan fingerprint density at radius 2 is 1.31 bits per heavy atom. The quantitative estimate of drug-likeness (QED) is 0.598. The summed E-state index contributed by atoms with van der Waals surface area (Å²) in [5.74, 6) is 4.17. The van der Waals surface area contributed by atoms with Crippen LogP contribution < -0.4 is 0 Å². The van der Waals surface area contributed by atoms with Gasteiger partial charge < -0.3 is 0 Å². The molecule has 0 saturated heterocycles. The van der Waals surface area contributed by atoms with Gasteiger partial charge in [0, 0.05) is 0 Å². The van der Waals surface area contributed by atoms with Crippen LogP contribution in [0.4, 0.5) is 0 Å². The highest BCUT2D eigenvalue weighted by molar-refractivity contribution is 4.77. The summed E-state index contributed by atoms with van der Waals surface area (Å²) in [7, 11) is 0. The maximum atomic E-state index is 2.41. The van der Waals surface area contributed by atoms with Crippen molar-refractivity contribution in [1.29, 1.82) is 0 Å². The molecule has 2 aliphatic carbocycles. The lowest BCUT2D eigenvalue weighted by Gasteiger charge is -2.33. The lowest BCUT2D eigenvalue weighted by atomic mass is 9.72. The summed E-state index contributed by atoms with van der Waals surface area (Å²) in [6, 6.07) is 0. The van der Waals surface area contributed by atoms with E-state index in [9.17, 15) is 0 Å². The molecule has 0 aliphatic heterocycles. The van der Waals surface area contributed by atoms with Crippen molar-refractivity contribution in [2.75, 3.05) is 0 Å². The van der Waals surface area contributed by atoms with Gasteiger partial charge in [0.15, 0.2) is 0 Å². The highest BCUT2D eigenvalue weighted by atomic mass is 14.3. The molecule has 0 unspecified atom stereocenters. The fourth-order valence-electron chi connectivity index (χ4n) is 3.98. The summed E-state index contributed by atoms with van der Waals surface area (Å²) >= 11 is 0. The molecule has 2 fully saturated rings. The summed E-state index contributed by atoms with van der Waals surface area (Å²) in [6.45, 7) is 4.82. The van der Waals surface area contributed by atoms with Crippen LogP contribution in [0.5, 0.6) is 0 Å². The maximum Gasteiger partial charge on any atom is -0.0391 e. The molecule has 0 heterocycles. The van der Waals surface area contributed by atoms with Crippen molar-refractivity contribution in [3.63, 3.8) is 0 Å². The van der Waals surface area contributed by atoms with E-state index in [2.05, 4.69) is 13.8 Å². The van der Waals surface area contributed by atoms with Crippen LogP contribution in [0.2, 0.25) is 0 Å². The van der Waals surface area contributed by atoms with Gasteiger partial charge in [-0.2, -0.15) is 0 Å². The van der Waals surface area contributed by atoms with E-state index < -0.39 is 0 Å². The minimum Gasteiger partial charge on any atom is -0.0625 e. The van der Waals surface area contributed by atoms with Gasteiger partial charge in [-0.3, -0.25) is 0 Å². The molecular weight excluding hydrogens is 192 g/mol. The van der Waals surface area contributed by atoms with Crippen LogP contribution in [0.25, 0.3) is 0 Å². The third-order valence-corrected chi connectivity index (χ3v) is 5.23. The van der Waals surface area contributed by atoms with Crippen molar-refractivity contribution in [3.8, 4) is 0 Å². The monoisotopic (exact) mass is 222 g/mol. The first-order valence-electron chi connectivity index (χ1n) is 7.75. The standard InChI is InChI=1S/C16H30/c1-13(2)16-10-8-15(9-11-16)12-14-6-4-3-5-7-14/h13-16H,3-12H2,1-2H3. The van der Waals surface area contributed by atoms with Gasteiger partial charge in [0.1, 0.15) is 0 Å². The van der Waals surface area contributed by atoms with E-state index in [-0.39, 0.29) is 0 Å². The molecule has 0 radical (unpaired) electrons. The van der Waals surface area contributed by atoms with Gasteiger partial charge in [0.25, 0.3) is 0 Å². The summed E-state index contributed by atoms with van der Waals surface area (Å²) in [4.78, 5) is 0. The molecule has 0 spiro atoms. The molecule has 0 aromatic heterocycles. The summed E-state index contributed by atoms with van der Waals surface area (Å²) in [5, 5.41) is 0. The number of hydrogen-bond donors (Lipinski definition) is 0. The Bertz CT molecular complexity index is 180. The topological polar surface area (TPSA) is 0 Å². The van der Waals surface area contributed by atoms with Crippen LogP contribution in [-0.4, -0.2) is 0 Å². The zero-order chi connectivity index (χ0) is 11.4. The molecule has 94 valence electrons. The minimum absolute atomic E-state index is 0.927. The average Bonchev–Trinajstić information content (AvgIpc) is 2.31. The van der Waals surface area contributed by atoms with Crippen molar-refractivity contribution < 1.29 is 0 Å².